The van der Waals surface area contributed by atoms with Gasteiger partial charge in [-0.2, -0.15) is 0 Å². The van der Waals surface area contributed by atoms with Crippen LogP contribution in [-0.4, -0.2) is 35.0 Å². The highest BCUT2D eigenvalue weighted by Crippen LogP contribution is 2.22. The summed E-state index contributed by atoms with van der Waals surface area (Å²) in [6.45, 7) is 2.11. The molecule has 0 fully saturated rings. The van der Waals surface area contributed by atoms with E-state index in [-0.39, 0.29) is 24.0 Å². The molecule has 1 aromatic carbocycles. The average Bonchev–Trinajstić information content (AvgIpc) is 2.74. The van der Waals surface area contributed by atoms with Crippen LogP contribution in [0.15, 0.2) is 67.1 Å². The topological polar surface area (TPSA) is 90.4 Å². The molecule has 0 aliphatic heterocycles. The molecule has 0 spiro atoms. The van der Waals surface area contributed by atoms with Crippen LogP contribution in [0.2, 0.25) is 0 Å². The smallest absolute Gasteiger partial charge is 0.344 e. The Kier molecular flexibility index (Phi) is 6.89. The van der Waals surface area contributed by atoms with Crippen LogP contribution in [0.1, 0.15) is 21.5 Å². The number of carbonyl (C=O) groups is 2. The van der Waals surface area contributed by atoms with Crippen LogP contribution >= 0.6 is 0 Å². The van der Waals surface area contributed by atoms with Gasteiger partial charge in [0.25, 0.3) is 5.91 Å². The Balaban J connectivity index is 1.50. The van der Waals surface area contributed by atoms with E-state index < -0.39 is 5.97 Å². The number of nitrogens with one attached hydrogen (secondary N) is 1. The van der Waals surface area contributed by atoms with Gasteiger partial charge in [-0.25, -0.2) is 9.78 Å². The highest BCUT2D eigenvalue weighted by Gasteiger charge is 2.17. The van der Waals surface area contributed by atoms with Gasteiger partial charge in [-0.05, 0) is 48.7 Å². The van der Waals surface area contributed by atoms with Crippen LogP contribution in [0, 0.1) is 6.92 Å². The van der Waals surface area contributed by atoms with Gasteiger partial charge in [0.2, 0.25) is 5.88 Å². The molecule has 0 aliphatic carbocycles. The van der Waals surface area contributed by atoms with Crippen LogP contribution in [-0.2, 0) is 16.0 Å². The first-order chi connectivity index (χ1) is 14.1. The normalized spacial score (nSPS) is 10.2. The lowest BCUT2D eigenvalue weighted by Crippen LogP contribution is -2.30. The van der Waals surface area contributed by atoms with Crippen LogP contribution in [0.3, 0.4) is 0 Å². The van der Waals surface area contributed by atoms with E-state index in [1.54, 1.807) is 24.4 Å². The van der Waals surface area contributed by atoms with Crippen LogP contribution in [0.5, 0.6) is 11.6 Å². The van der Waals surface area contributed by atoms with Gasteiger partial charge in [0, 0.05) is 18.9 Å². The molecular weight excluding hydrogens is 370 g/mol. The molecule has 2 heterocycles. The molecule has 0 bridgehead atoms. The van der Waals surface area contributed by atoms with Gasteiger partial charge < -0.3 is 14.8 Å². The number of carbonyl (C=O) groups excluding carboxylic acids is 2. The Morgan fingerprint density at radius 1 is 1.03 bits per heavy atom. The van der Waals surface area contributed by atoms with Gasteiger partial charge in [-0.15, -0.1) is 0 Å². The number of amides is 1. The molecule has 29 heavy (non-hydrogen) atoms. The molecule has 0 unspecified atom stereocenters. The van der Waals surface area contributed by atoms with E-state index in [1.807, 2.05) is 31.2 Å². The number of benzene rings is 1. The summed E-state index contributed by atoms with van der Waals surface area (Å²) in [5.41, 5.74) is 2.47. The number of nitrogens with zero attached hydrogens (tertiary/aromatic N) is 2. The van der Waals surface area contributed by atoms with Crippen molar-refractivity contribution < 1.29 is 19.1 Å². The first-order valence-corrected chi connectivity index (χ1v) is 9.14. The van der Waals surface area contributed by atoms with Crippen molar-refractivity contribution in [3.8, 4) is 11.6 Å². The summed E-state index contributed by atoms with van der Waals surface area (Å²) in [5, 5.41) is 2.75. The van der Waals surface area contributed by atoms with Gasteiger partial charge in [0.05, 0.1) is 6.20 Å². The highest BCUT2D eigenvalue weighted by molar-refractivity contribution is 5.93. The minimum Gasteiger partial charge on any atom is -0.452 e. The second-order valence-corrected chi connectivity index (χ2v) is 6.25. The van der Waals surface area contributed by atoms with Gasteiger partial charge in [0.1, 0.15) is 11.3 Å². The first-order valence-electron chi connectivity index (χ1n) is 9.14. The van der Waals surface area contributed by atoms with Crippen molar-refractivity contribution in [3.63, 3.8) is 0 Å². The molecule has 3 rings (SSSR count). The lowest BCUT2D eigenvalue weighted by atomic mass is 10.1. The number of aromatic nitrogens is 2. The van der Waals surface area contributed by atoms with Crippen molar-refractivity contribution in [1.29, 1.82) is 0 Å². The van der Waals surface area contributed by atoms with Crippen LogP contribution in [0.4, 0.5) is 0 Å². The van der Waals surface area contributed by atoms with Gasteiger partial charge >= 0.3 is 5.97 Å². The van der Waals surface area contributed by atoms with Crippen molar-refractivity contribution in [2.75, 3.05) is 13.2 Å². The zero-order valence-electron chi connectivity index (χ0n) is 16.0. The SMILES string of the molecule is Cc1ccccc1CCNC(=O)COC(=O)c1cccnc1Oc1cccnc1. The predicted molar refractivity (Wildman–Crippen MR) is 107 cm³/mol. The summed E-state index contributed by atoms with van der Waals surface area (Å²) < 4.78 is 10.7. The summed E-state index contributed by atoms with van der Waals surface area (Å²) in [5.74, 6) is -0.531. The minimum absolute atomic E-state index is 0.0884. The van der Waals surface area contributed by atoms with E-state index in [0.717, 1.165) is 5.56 Å². The standard InChI is InChI=1S/C22H21N3O4/c1-16-6-2-3-7-17(16)10-13-24-20(26)15-28-22(27)19-9-5-12-25-21(19)29-18-8-4-11-23-14-18/h2-9,11-12,14H,10,13,15H2,1H3,(H,24,26). The van der Waals surface area contributed by atoms with E-state index in [2.05, 4.69) is 15.3 Å². The van der Waals surface area contributed by atoms with E-state index in [9.17, 15) is 9.59 Å². The molecule has 0 saturated heterocycles. The minimum atomic E-state index is -0.689. The predicted octanol–water partition coefficient (Wildman–Crippen LogP) is 3.09. The largest absolute Gasteiger partial charge is 0.452 e. The van der Waals surface area contributed by atoms with Crippen LogP contribution in [0.25, 0.3) is 0 Å². The Bertz CT molecular complexity index is 977. The lowest BCUT2D eigenvalue weighted by Gasteiger charge is -2.10. The second kappa shape index (κ2) is 9.98. The third-order valence-corrected chi connectivity index (χ3v) is 4.15. The molecule has 148 valence electrons. The third kappa shape index (κ3) is 5.87. The molecule has 1 amide bonds. The number of ether oxygens (including phenoxy) is 2. The Morgan fingerprint density at radius 2 is 1.86 bits per heavy atom. The van der Waals surface area contributed by atoms with Gasteiger partial charge in [0.15, 0.2) is 6.61 Å². The van der Waals surface area contributed by atoms with E-state index in [0.29, 0.717) is 18.7 Å². The van der Waals surface area contributed by atoms with E-state index >= 15 is 0 Å². The number of pyridine rings is 2. The highest BCUT2D eigenvalue weighted by atomic mass is 16.5. The summed E-state index contributed by atoms with van der Waals surface area (Å²) in [7, 11) is 0. The second-order valence-electron chi connectivity index (χ2n) is 6.25. The Hall–Kier alpha value is -3.74. The molecule has 0 atom stereocenters. The molecule has 7 heteroatoms. The van der Waals surface area contributed by atoms with E-state index in [1.165, 1.54) is 24.0 Å². The number of aryl methyl sites for hydroxylation is 1. The molecule has 0 aliphatic rings. The molecule has 1 N–H and O–H groups in total. The summed E-state index contributed by atoms with van der Waals surface area (Å²) >= 11 is 0. The van der Waals surface area contributed by atoms with Crippen molar-refractivity contribution in [3.05, 3.63) is 83.8 Å². The number of hydrogen-bond donors (Lipinski definition) is 1. The monoisotopic (exact) mass is 391 g/mol. The molecule has 2 aromatic heterocycles. The number of esters is 1. The zero-order valence-corrected chi connectivity index (χ0v) is 16.0. The lowest BCUT2D eigenvalue weighted by molar-refractivity contribution is -0.124. The third-order valence-electron chi connectivity index (χ3n) is 4.15. The van der Waals surface area contributed by atoms with Gasteiger partial charge in [-0.1, -0.05) is 24.3 Å². The maximum absolute atomic E-state index is 12.4. The van der Waals surface area contributed by atoms with Gasteiger partial charge in [-0.3, -0.25) is 9.78 Å². The maximum atomic E-state index is 12.4. The molecule has 0 radical (unpaired) electrons. The molecular formula is C22H21N3O4. The summed E-state index contributed by atoms with van der Waals surface area (Å²) in [6.07, 6.45) is 5.32. The van der Waals surface area contributed by atoms with Crippen molar-refractivity contribution in [2.24, 2.45) is 0 Å². The molecule has 7 nitrogen and oxygen atoms in total. The number of hydrogen-bond acceptors (Lipinski definition) is 6. The number of rotatable bonds is 8. The zero-order chi connectivity index (χ0) is 20.5. The quantitative estimate of drug-likeness (QED) is 0.594. The molecule has 3 aromatic rings. The molecule has 0 saturated carbocycles. The van der Waals surface area contributed by atoms with Crippen molar-refractivity contribution in [1.82, 2.24) is 15.3 Å². The Labute approximate surface area is 168 Å². The van der Waals surface area contributed by atoms with E-state index in [4.69, 9.17) is 9.47 Å². The summed E-state index contributed by atoms with van der Waals surface area (Å²) in [6, 6.07) is 14.5. The van der Waals surface area contributed by atoms with Crippen LogP contribution < -0.4 is 10.1 Å². The fraction of sp³-hybridized carbons (Fsp3) is 0.182. The fourth-order valence-electron chi connectivity index (χ4n) is 2.63. The average molecular weight is 391 g/mol. The van der Waals surface area contributed by atoms with Crippen molar-refractivity contribution in [2.45, 2.75) is 13.3 Å². The Morgan fingerprint density at radius 3 is 2.66 bits per heavy atom. The maximum Gasteiger partial charge on any atom is 0.344 e. The van der Waals surface area contributed by atoms with Crippen molar-refractivity contribution >= 4 is 11.9 Å². The fourth-order valence-corrected chi connectivity index (χ4v) is 2.63. The summed E-state index contributed by atoms with van der Waals surface area (Å²) in [4.78, 5) is 32.4. The first kappa shape index (κ1) is 20.0.